The summed E-state index contributed by atoms with van der Waals surface area (Å²) >= 11 is 0. The van der Waals surface area contributed by atoms with Gasteiger partial charge in [-0.25, -0.2) is 4.79 Å². The molecule has 0 aliphatic rings. The number of aromatic hydroxyl groups is 1. The Bertz CT molecular complexity index is 904. The average molecular weight is 351 g/mol. The molecule has 7 nitrogen and oxygen atoms in total. The Hall–Kier alpha value is -2.58. The summed E-state index contributed by atoms with van der Waals surface area (Å²) < 4.78 is 34.3. The number of hydrogen-bond donors (Lipinski definition) is 2. The highest BCUT2D eigenvalue weighted by Gasteiger charge is 2.21. The first-order chi connectivity index (χ1) is 11.2. The van der Waals surface area contributed by atoms with Gasteiger partial charge in [0.05, 0.1) is 5.69 Å². The van der Waals surface area contributed by atoms with Crippen molar-refractivity contribution in [3.63, 3.8) is 0 Å². The summed E-state index contributed by atoms with van der Waals surface area (Å²) in [7, 11) is -4.17. The van der Waals surface area contributed by atoms with E-state index in [0.29, 0.717) is 10.8 Å². The molecule has 8 heteroatoms. The molecular formula is C16H17NO6S. The standard InChI is InChI=1S/C16H17NO6S/c1-10(2)16(19)22-7-8-23-24(20,21)14-9-13(18)15(17)12-6-4-3-5-11(12)14/h3-6,9,18H,1,7-8,17H2,2H3. The number of rotatable bonds is 6. The second kappa shape index (κ2) is 6.90. The van der Waals surface area contributed by atoms with Gasteiger partial charge in [-0.1, -0.05) is 30.8 Å². The van der Waals surface area contributed by atoms with Crippen LogP contribution in [0.3, 0.4) is 0 Å². The molecule has 0 saturated heterocycles. The lowest BCUT2D eigenvalue weighted by atomic mass is 10.1. The number of carbonyl (C=O) groups is 1. The summed E-state index contributed by atoms with van der Waals surface area (Å²) in [5.74, 6) is -0.990. The van der Waals surface area contributed by atoms with Crippen LogP contribution in [0.5, 0.6) is 5.75 Å². The molecule has 0 fully saturated rings. The SMILES string of the molecule is C=C(C)C(=O)OCCOS(=O)(=O)c1cc(O)c(N)c2ccccc12. The van der Waals surface area contributed by atoms with Gasteiger partial charge in [0.2, 0.25) is 0 Å². The third-order valence-electron chi connectivity index (χ3n) is 3.20. The third-order valence-corrected chi connectivity index (χ3v) is 4.55. The molecule has 3 N–H and O–H groups in total. The van der Waals surface area contributed by atoms with Crippen molar-refractivity contribution >= 4 is 32.5 Å². The Morgan fingerprint density at radius 1 is 1.25 bits per heavy atom. The van der Waals surface area contributed by atoms with E-state index in [1.165, 1.54) is 6.92 Å². The highest BCUT2D eigenvalue weighted by molar-refractivity contribution is 7.87. The van der Waals surface area contributed by atoms with E-state index in [2.05, 4.69) is 6.58 Å². The van der Waals surface area contributed by atoms with Crippen LogP contribution in [0.1, 0.15) is 6.92 Å². The fourth-order valence-electron chi connectivity index (χ4n) is 2.02. The van der Waals surface area contributed by atoms with Crippen LogP contribution in [0, 0.1) is 0 Å². The largest absolute Gasteiger partial charge is 0.506 e. The van der Waals surface area contributed by atoms with Crippen LogP contribution in [0.15, 0.2) is 47.4 Å². The quantitative estimate of drug-likeness (QED) is 0.204. The molecule has 24 heavy (non-hydrogen) atoms. The van der Waals surface area contributed by atoms with Gasteiger partial charge in [-0.15, -0.1) is 0 Å². The van der Waals surface area contributed by atoms with E-state index in [9.17, 15) is 18.3 Å². The number of benzene rings is 2. The Morgan fingerprint density at radius 2 is 1.88 bits per heavy atom. The predicted molar refractivity (Wildman–Crippen MR) is 88.9 cm³/mol. The minimum Gasteiger partial charge on any atom is -0.506 e. The lowest BCUT2D eigenvalue weighted by Gasteiger charge is -2.12. The van der Waals surface area contributed by atoms with Gasteiger partial charge in [0.15, 0.2) is 0 Å². The fourth-order valence-corrected chi connectivity index (χ4v) is 3.14. The van der Waals surface area contributed by atoms with Gasteiger partial charge in [0.25, 0.3) is 10.1 Å². The zero-order valence-corrected chi connectivity index (χ0v) is 13.8. The van der Waals surface area contributed by atoms with Gasteiger partial charge in [-0.05, 0) is 6.92 Å². The highest BCUT2D eigenvalue weighted by Crippen LogP contribution is 2.35. The van der Waals surface area contributed by atoms with Gasteiger partial charge >= 0.3 is 5.97 Å². The maximum Gasteiger partial charge on any atom is 0.333 e. The second-order valence-electron chi connectivity index (χ2n) is 5.05. The summed E-state index contributed by atoms with van der Waals surface area (Å²) in [4.78, 5) is 11.0. The lowest BCUT2D eigenvalue weighted by molar-refractivity contribution is -0.139. The summed E-state index contributed by atoms with van der Waals surface area (Å²) in [5.41, 5.74) is 6.05. The number of nitrogen functional groups attached to an aromatic ring is 1. The zero-order chi connectivity index (χ0) is 17.9. The monoisotopic (exact) mass is 351 g/mol. The molecule has 0 unspecified atom stereocenters. The molecule has 0 aromatic heterocycles. The molecule has 0 aliphatic carbocycles. The average Bonchev–Trinajstić information content (AvgIpc) is 2.54. The van der Waals surface area contributed by atoms with Crippen LogP contribution in [-0.4, -0.2) is 32.7 Å². The first-order valence-corrected chi connectivity index (χ1v) is 8.37. The van der Waals surface area contributed by atoms with Crippen LogP contribution in [-0.2, 0) is 23.8 Å². The number of phenols is 1. The van der Waals surface area contributed by atoms with E-state index in [-0.39, 0.29) is 35.1 Å². The normalized spacial score (nSPS) is 11.4. The van der Waals surface area contributed by atoms with Crippen molar-refractivity contribution in [2.45, 2.75) is 11.8 Å². The smallest absolute Gasteiger partial charge is 0.333 e. The van der Waals surface area contributed by atoms with Gasteiger partial charge in [-0.2, -0.15) is 8.42 Å². The van der Waals surface area contributed by atoms with Gasteiger partial charge < -0.3 is 15.6 Å². The van der Waals surface area contributed by atoms with E-state index in [1.807, 2.05) is 0 Å². The molecule has 0 saturated carbocycles. The maximum absolute atomic E-state index is 12.4. The Kier molecular flexibility index (Phi) is 5.10. The number of hydrogen-bond acceptors (Lipinski definition) is 7. The van der Waals surface area contributed by atoms with Crippen LogP contribution in [0.25, 0.3) is 10.8 Å². The zero-order valence-electron chi connectivity index (χ0n) is 13.0. The molecule has 0 aliphatic heterocycles. The van der Waals surface area contributed by atoms with Crippen molar-refractivity contribution in [2.75, 3.05) is 18.9 Å². The summed E-state index contributed by atoms with van der Waals surface area (Å²) in [5, 5.41) is 10.6. The van der Waals surface area contributed by atoms with Crippen LogP contribution >= 0.6 is 0 Å². The third kappa shape index (κ3) is 3.66. The number of anilines is 1. The maximum atomic E-state index is 12.4. The molecule has 2 aromatic carbocycles. The molecule has 2 aromatic rings. The molecule has 0 spiro atoms. The van der Waals surface area contributed by atoms with Crippen LogP contribution in [0.2, 0.25) is 0 Å². The molecule has 128 valence electrons. The van der Waals surface area contributed by atoms with Crippen molar-refractivity contribution < 1.29 is 27.2 Å². The molecular weight excluding hydrogens is 334 g/mol. The minimum atomic E-state index is -4.17. The number of phenolic OH excluding ortho intramolecular Hbond substituents is 1. The van der Waals surface area contributed by atoms with Crippen molar-refractivity contribution in [3.05, 3.63) is 42.5 Å². The van der Waals surface area contributed by atoms with Gasteiger partial charge in [-0.3, -0.25) is 4.18 Å². The number of fused-ring (bicyclic) bond motifs is 1. The van der Waals surface area contributed by atoms with Crippen molar-refractivity contribution in [2.24, 2.45) is 0 Å². The number of carbonyl (C=O) groups excluding carboxylic acids is 1. The topological polar surface area (TPSA) is 116 Å². The van der Waals surface area contributed by atoms with Gasteiger partial charge in [0, 0.05) is 22.4 Å². The van der Waals surface area contributed by atoms with E-state index in [1.54, 1.807) is 24.3 Å². The minimum absolute atomic E-state index is 0.0833. The second-order valence-corrected chi connectivity index (χ2v) is 6.63. The van der Waals surface area contributed by atoms with Crippen LogP contribution < -0.4 is 5.73 Å². The van der Waals surface area contributed by atoms with Crippen LogP contribution in [0.4, 0.5) is 5.69 Å². The molecule has 0 bridgehead atoms. The molecule has 2 rings (SSSR count). The number of esters is 1. The van der Waals surface area contributed by atoms with Crippen molar-refractivity contribution in [1.29, 1.82) is 0 Å². The fraction of sp³-hybridized carbons (Fsp3) is 0.188. The van der Waals surface area contributed by atoms with Gasteiger partial charge in [0.1, 0.15) is 23.9 Å². The summed E-state index contributed by atoms with van der Waals surface area (Å²) in [6, 6.07) is 7.51. The Morgan fingerprint density at radius 3 is 2.50 bits per heavy atom. The lowest BCUT2D eigenvalue weighted by Crippen LogP contribution is -2.15. The van der Waals surface area contributed by atoms with Crippen molar-refractivity contribution in [1.82, 2.24) is 0 Å². The number of nitrogens with two attached hydrogens (primary N) is 1. The van der Waals surface area contributed by atoms with E-state index in [4.69, 9.17) is 14.7 Å². The molecule has 0 amide bonds. The first-order valence-electron chi connectivity index (χ1n) is 6.96. The summed E-state index contributed by atoms with van der Waals surface area (Å²) in [6.07, 6.45) is 0. The predicted octanol–water partition coefficient (Wildman–Crippen LogP) is 1.95. The van der Waals surface area contributed by atoms with E-state index >= 15 is 0 Å². The van der Waals surface area contributed by atoms with Crippen molar-refractivity contribution in [3.8, 4) is 5.75 Å². The Labute approximate surface area is 139 Å². The first kappa shape index (κ1) is 17.8. The Balaban J connectivity index is 2.24. The van der Waals surface area contributed by atoms with E-state index in [0.717, 1.165) is 6.07 Å². The van der Waals surface area contributed by atoms with E-state index < -0.39 is 16.1 Å². The molecule has 0 radical (unpaired) electrons. The number of ether oxygens (including phenoxy) is 1. The summed E-state index contributed by atoms with van der Waals surface area (Å²) in [6.45, 7) is 4.28. The molecule has 0 heterocycles. The highest BCUT2D eigenvalue weighted by atomic mass is 32.2. The molecule has 0 atom stereocenters.